The lowest BCUT2D eigenvalue weighted by Crippen LogP contribution is -1.79. The monoisotopic (exact) mass is 354 g/mol. The molecular weight excluding hydrogens is 339 g/mol. The van der Waals surface area contributed by atoms with Crippen molar-refractivity contribution in [3.05, 3.63) is 82.1 Å². The average Bonchev–Trinajstić information content (AvgIpc) is 2.56. The number of hydrogen-bond acceptors (Lipinski definition) is 2. The zero-order valence-electron chi connectivity index (χ0n) is 13.4. The van der Waals surface area contributed by atoms with Crippen LogP contribution in [0, 0.1) is 13.8 Å². The third-order valence-electron chi connectivity index (χ3n) is 3.62. The molecule has 0 fully saturated rings. The van der Waals surface area contributed by atoms with E-state index in [9.17, 15) is 0 Å². The van der Waals surface area contributed by atoms with Gasteiger partial charge in [0.1, 0.15) is 10.3 Å². The van der Waals surface area contributed by atoms with E-state index >= 15 is 0 Å². The van der Waals surface area contributed by atoms with Crippen molar-refractivity contribution < 1.29 is 0 Å². The number of pyridine rings is 2. The summed E-state index contributed by atoms with van der Waals surface area (Å²) in [7, 11) is 0. The van der Waals surface area contributed by atoms with Gasteiger partial charge in [-0.25, -0.2) is 9.97 Å². The van der Waals surface area contributed by atoms with Crippen molar-refractivity contribution in [1.82, 2.24) is 9.97 Å². The zero-order valence-corrected chi connectivity index (χ0v) is 14.9. The Labute approximate surface area is 151 Å². The normalized spacial score (nSPS) is 10.5. The van der Waals surface area contributed by atoms with Gasteiger partial charge in [0.05, 0.1) is 11.0 Å². The van der Waals surface area contributed by atoms with Crippen LogP contribution in [0.25, 0.3) is 21.8 Å². The highest BCUT2D eigenvalue weighted by molar-refractivity contribution is 6.30. The third kappa shape index (κ3) is 4.02. The summed E-state index contributed by atoms with van der Waals surface area (Å²) in [6.45, 7) is 4.13. The Hall–Kier alpha value is -2.16. The van der Waals surface area contributed by atoms with E-state index in [-0.39, 0.29) is 0 Å². The molecule has 2 aromatic carbocycles. The fraction of sp³-hybridized carbons (Fsp3) is 0.100. The molecule has 24 heavy (non-hydrogen) atoms. The molecule has 2 heterocycles. The summed E-state index contributed by atoms with van der Waals surface area (Å²) in [5.74, 6) is 0. The first kappa shape index (κ1) is 16.7. The SMILES string of the molecule is Cc1ccc2nc(Cl)ccc2c1.Cc1ccc2nc(Cl)ccc2c1. The number of aryl methyl sites for hydroxylation is 2. The second-order valence-electron chi connectivity index (χ2n) is 5.66. The standard InChI is InChI=1S/2C10H8ClN/c2*1-7-2-4-9-8(6-7)3-5-10(11)12-9/h2*2-6H,1H3. The molecule has 0 aliphatic carbocycles. The Morgan fingerprint density at radius 1 is 0.583 bits per heavy atom. The van der Waals surface area contributed by atoms with E-state index in [1.807, 2.05) is 48.5 Å². The number of aromatic nitrogens is 2. The molecule has 0 bridgehead atoms. The summed E-state index contributed by atoms with van der Waals surface area (Å²) < 4.78 is 0. The van der Waals surface area contributed by atoms with Crippen LogP contribution in [0.1, 0.15) is 11.1 Å². The lowest BCUT2D eigenvalue weighted by Gasteiger charge is -1.98. The van der Waals surface area contributed by atoms with Crippen LogP contribution in [0.5, 0.6) is 0 Å². The Kier molecular flexibility index (Phi) is 4.98. The molecule has 120 valence electrons. The molecule has 0 N–H and O–H groups in total. The molecule has 2 aromatic heterocycles. The molecule has 0 aliphatic rings. The first-order valence-corrected chi connectivity index (χ1v) is 8.33. The fourth-order valence-electron chi connectivity index (χ4n) is 2.44. The van der Waals surface area contributed by atoms with E-state index in [0.717, 1.165) is 21.8 Å². The van der Waals surface area contributed by atoms with Gasteiger partial charge in [0.15, 0.2) is 0 Å². The number of benzene rings is 2. The van der Waals surface area contributed by atoms with Gasteiger partial charge in [0, 0.05) is 10.8 Å². The maximum absolute atomic E-state index is 5.75. The summed E-state index contributed by atoms with van der Waals surface area (Å²) in [5, 5.41) is 3.37. The lowest BCUT2D eigenvalue weighted by atomic mass is 10.1. The average molecular weight is 355 g/mol. The highest BCUT2D eigenvalue weighted by Crippen LogP contribution is 2.17. The van der Waals surface area contributed by atoms with Crippen LogP contribution in [0.15, 0.2) is 60.7 Å². The van der Waals surface area contributed by atoms with E-state index in [1.54, 1.807) is 0 Å². The Bertz CT molecular complexity index is 847. The minimum absolute atomic E-state index is 0.548. The van der Waals surface area contributed by atoms with Gasteiger partial charge >= 0.3 is 0 Å². The largest absolute Gasteiger partial charge is 0.236 e. The topological polar surface area (TPSA) is 25.8 Å². The highest BCUT2D eigenvalue weighted by Gasteiger charge is 1.96. The van der Waals surface area contributed by atoms with Crippen molar-refractivity contribution in [1.29, 1.82) is 0 Å². The molecule has 0 atom stereocenters. The van der Waals surface area contributed by atoms with E-state index in [4.69, 9.17) is 23.2 Å². The van der Waals surface area contributed by atoms with E-state index < -0.39 is 0 Å². The molecule has 0 spiro atoms. The molecule has 0 aliphatic heterocycles. The van der Waals surface area contributed by atoms with Crippen LogP contribution in [0.4, 0.5) is 0 Å². The second kappa shape index (κ2) is 7.16. The van der Waals surface area contributed by atoms with Crippen molar-refractivity contribution in [2.75, 3.05) is 0 Å². The molecule has 4 rings (SSSR count). The molecule has 0 unspecified atom stereocenters. The summed E-state index contributed by atoms with van der Waals surface area (Å²) in [4.78, 5) is 8.36. The van der Waals surface area contributed by atoms with E-state index in [1.165, 1.54) is 11.1 Å². The molecular formula is C20H16Cl2N2. The number of rotatable bonds is 0. The number of fused-ring (bicyclic) bond motifs is 2. The lowest BCUT2D eigenvalue weighted by molar-refractivity contribution is 1.39. The van der Waals surface area contributed by atoms with Gasteiger partial charge in [-0.05, 0) is 62.4 Å². The van der Waals surface area contributed by atoms with Gasteiger partial charge in [-0.1, -0.05) is 46.5 Å². The maximum atomic E-state index is 5.75. The molecule has 0 saturated carbocycles. The predicted molar refractivity (Wildman–Crippen MR) is 103 cm³/mol. The van der Waals surface area contributed by atoms with Crippen LogP contribution < -0.4 is 0 Å². The first-order chi connectivity index (χ1) is 11.5. The van der Waals surface area contributed by atoms with Gasteiger partial charge in [-0.2, -0.15) is 0 Å². The van der Waals surface area contributed by atoms with E-state index in [0.29, 0.717) is 10.3 Å². The quantitative estimate of drug-likeness (QED) is 0.341. The Morgan fingerprint density at radius 2 is 1.00 bits per heavy atom. The summed E-state index contributed by atoms with van der Waals surface area (Å²) >= 11 is 11.5. The van der Waals surface area contributed by atoms with Crippen LogP contribution in [0.3, 0.4) is 0 Å². The van der Waals surface area contributed by atoms with Crippen LogP contribution in [-0.4, -0.2) is 9.97 Å². The Balaban J connectivity index is 0.000000141. The molecule has 0 amide bonds. The van der Waals surface area contributed by atoms with Gasteiger partial charge < -0.3 is 0 Å². The van der Waals surface area contributed by atoms with Gasteiger partial charge in [-0.15, -0.1) is 0 Å². The minimum Gasteiger partial charge on any atom is -0.236 e. The predicted octanol–water partition coefficient (Wildman–Crippen LogP) is 6.39. The third-order valence-corrected chi connectivity index (χ3v) is 4.04. The van der Waals surface area contributed by atoms with Crippen molar-refractivity contribution >= 4 is 45.0 Å². The smallest absolute Gasteiger partial charge is 0.129 e. The second-order valence-corrected chi connectivity index (χ2v) is 6.43. The molecule has 4 heteroatoms. The van der Waals surface area contributed by atoms with Crippen molar-refractivity contribution in [3.63, 3.8) is 0 Å². The number of halogens is 2. The number of hydrogen-bond donors (Lipinski definition) is 0. The van der Waals surface area contributed by atoms with Crippen molar-refractivity contribution in [2.24, 2.45) is 0 Å². The Morgan fingerprint density at radius 3 is 1.42 bits per heavy atom. The molecule has 0 saturated heterocycles. The zero-order chi connectivity index (χ0) is 17.1. The van der Waals surface area contributed by atoms with Crippen LogP contribution >= 0.6 is 23.2 Å². The summed E-state index contributed by atoms with van der Waals surface area (Å²) in [6.07, 6.45) is 0. The highest BCUT2D eigenvalue weighted by atomic mass is 35.5. The van der Waals surface area contributed by atoms with Gasteiger partial charge in [-0.3, -0.25) is 0 Å². The van der Waals surface area contributed by atoms with Gasteiger partial charge in [0.25, 0.3) is 0 Å². The van der Waals surface area contributed by atoms with Crippen LogP contribution in [0.2, 0.25) is 10.3 Å². The molecule has 0 radical (unpaired) electrons. The summed E-state index contributed by atoms with van der Waals surface area (Å²) in [6, 6.07) is 19.8. The van der Waals surface area contributed by atoms with Crippen LogP contribution in [-0.2, 0) is 0 Å². The van der Waals surface area contributed by atoms with E-state index in [2.05, 4.69) is 35.9 Å². The van der Waals surface area contributed by atoms with Gasteiger partial charge in [0.2, 0.25) is 0 Å². The molecule has 2 nitrogen and oxygen atoms in total. The van der Waals surface area contributed by atoms with Crippen molar-refractivity contribution in [3.8, 4) is 0 Å². The minimum atomic E-state index is 0.548. The first-order valence-electron chi connectivity index (χ1n) is 7.57. The number of nitrogens with zero attached hydrogens (tertiary/aromatic N) is 2. The fourth-order valence-corrected chi connectivity index (χ4v) is 2.75. The summed E-state index contributed by atoms with van der Waals surface area (Å²) in [5.41, 5.74) is 4.39. The maximum Gasteiger partial charge on any atom is 0.129 e. The molecule has 4 aromatic rings. The van der Waals surface area contributed by atoms with Crippen molar-refractivity contribution in [2.45, 2.75) is 13.8 Å².